The first-order chi connectivity index (χ1) is 13.5. The van der Waals surface area contributed by atoms with Gasteiger partial charge in [0.1, 0.15) is 0 Å². The second kappa shape index (κ2) is 8.89. The van der Waals surface area contributed by atoms with Crippen LogP contribution in [0.5, 0.6) is 0 Å². The summed E-state index contributed by atoms with van der Waals surface area (Å²) in [6, 6.07) is 12.8. The highest BCUT2D eigenvalue weighted by atomic mass is 16.5. The van der Waals surface area contributed by atoms with Gasteiger partial charge in [0, 0.05) is 31.7 Å². The predicted octanol–water partition coefficient (Wildman–Crippen LogP) is 3.18. The Labute approximate surface area is 166 Å². The second-order valence-electron chi connectivity index (χ2n) is 6.91. The Morgan fingerprint density at radius 3 is 2.43 bits per heavy atom. The molecule has 3 rings (SSSR count). The fourth-order valence-electron chi connectivity index (χ4n) is 3.48. The van der Waals surface area contributed by atoms with Crippen molar-refractivity contribution in [1.29, 1.82) is 0 Å². The molecule has 2 aromatic rings. The molecule has 2 aromatic carbocycles. The number of nitrogens with one attached hydrogen (secondary N) is 1. The smallest absolute Gasteiger partial charge is 0.337 e. The maximum absolute atomic E-state index is 12.9. The maximum Gasteiger partial charge on any atom is 0.337 e. The van der Waals surface area contributed by atoms with Gasteiger partial charge in [0.2, 0.25) is 0 Å². The van der Waals surface area contributed by atoms with Gasteiger partial charge in [0.25, 0.3) is 5.91 Å². The third-order valence-corrected chi connectivity index (χ3v) is 5.22. The number of likely N-dealkylation sites (N-methyl/N-ethyl adjacent to an activating group) is 1. The van der Waals surface area contributed by atoms with Crippen LogP contribution in [-0.2, 0) is 4.74 Å². The molecule has 1 N–H and O–H groups in total. The van der Waals surface area contributed by atoms with Crippen molar-refractivity contribution in [1.82, 2.24) is 4.90 Å². The molecule has 0 unspecified atom stereocenters. The zero-order valence-electron chi connectivity index (χ0n) is 16.7. The van der Waals surface area contributed by atoms with E-state index in [0.717, 1.165) is 44.0 Å². The lowest BCUT2D eigenvalue weighted by Gasteiger charge is -2.36. The predicted molar refractivity (Wildman–Crippen MR) is 111 cm³/mol. The highest BCUT2D eigenvalue weighted by Gasteiger charge is 2.21. The molecular formula is C22H27N3O3. The minimum atomic E-state index is -0.422. The van der Waals surface area contributed by atoms with Gasteiger partial charge in [0.05, 0.1) is 24.0 Å². The number of rotatable bonds is 5. The first-order valence-corrected chi connectivity index (χ1v) is 9.60. The van der Waals surface area contributed by atoms with Crippen LogP contribution in [0.2, 0.25) is 0 Å². The monoisotopic (exact) mass is 381 g/mol. The van der Waals surface area contributed by atoms with Crippen molar-refractivity contribution in [3.05, 3.63) is 59.2 Å². The molecule has 0 atom stereocenters. The Hall–Kier alpha value is -2.86. The zero-order valence-corrected chi connectivity index (χ0v) is 16.7. The molecule has 0 aliphatic carbocycles. The Morgan fingerprint density at radius 1 is 1.07 bits per heavy atom. The summed E-state index contributed by atoms with van der Waals surface area (Å²) in [4.78, 5) is 29.5. The van der Waals surface area contributed by atoms with Crippen molar-refractivity contribution >= 4 is 23.3 Å². The van der Waals surface area contributed by atoms with Crippen LogP contribution < -0.4 is 10.2 Å². The van der Waals surface area contributed by atoms with Crippen LogP contribution >= 0.6 is 0 Å². The van der Waals surface area contributed by atoms with Gasteiger partial charge in [-0.3, -0.25) is 4.79 Å². The van der Waals surface area contributed by atoms with E-state index in [4.69, 9.17) is 4.74 Å². The lowest BCUT2D eigenvalue weighted by atomic mass is 10.1. The third kappa shape index (κ3) is 4.34. The van der Waals surface area contributed by atoms with Crippen LogP contribution in [-0.4, -0.2) is 56.6 Å². The molecule has 28 heavy (non-hydrogen) atoms. The average molecular weight is 381 g/mol. The summed E-state index contributed by atoms with van der Waals surface area (Å²) in [5, 5.41) is 3.01. The number of aryl methyl sites for hydroxylation is 1. The van der Waals surface area contributed by atoms with Gasteiger partial charge in [-0.15, -0.1) is 0 Å². The van der Waals surface area contributed by atoms with E-state index in [1.54, 1.807) is 18.2 Å². The van der Waals surface area contributed by atoms with Crippen molar-refractivity contribution in [2.24, 2.45) is 0 Å². The molecule has 1 aliphatic rings. The summed E-state index contributed by atoms with van der Waals surface area (Å²) in [5.41, 5.74) is 3.49. The van der Waals surface area contributed by atoms with Crippen LogP contribution in [0.3, 0.4) is 0 Å². The largest absolute Gasteiger partial charge is 0.465 e. The van der Waals surface area contributed by atoms with Crippen molar-refractivity contribution in [3.8, 4) is 0 Å². The molecule has 1 aliphatic heterocycles. The standard InChI is InChI=1S/C22H27N3O3/c1-4-24-11-13-25(14-12-24)20-10-9-17(22(27)28-3)15-19(20)23-21(26)18-8-6-5-7-16(18)2/h5-10,15H,4,11-14H2,1-3H3,(H,23,26). The number of piperazine rings is 1. The first kappa shape index (κ1) is 19.9. The van der Waals surface area contributed by atoms with Gasteiger partial charge in [-0.1, -0.05) is 25.1 Å². The van der Waals surface area contributed by atoms with E-state index in [9.17, 15) is 9.59 Å². The Morgan fingerprint density at radius 2 is 1.79 bits per heavy atom. The van der Waals surface area contributed by atoms with Crippen molar-refractivity contribution in [3.63, 3.8) is 0 Å². The molecule has 6 nitrogen and oxygen atoms in total. The number of hydrogen-bond acceptors (Lipinski definition) is 5. The molecule has 1 fully saturated rings. The molecule has 0 spiro atoms. The quantitative estimate of drug-likeness (QED) is 0.806. The number of benzene rings is 2. The zero-order chi connectivity index (χ0) is 20.1. The van der Waals surface area contributed by atoms with Gasteiger partial charge in [-0.05, 0) is 43.3 Å². The fourth-order valence-corrected chi connectivity index (χ4v) is 3.48. The normalized spacial score (nSPS) is 14.6. The molecule has 148 valence electrons. The Kier molecular flexibility index (Phi) is 6.31. The third-order valence-electron chi connectivity index (χ3n) is 5.22. The van der Waals surface area contributed by atoms with Crippen LogP contribution in [0, 0.1) is 6.92 Å². The van der Waals surface area contributed by atoms with Gasteiger partial charge >= 0.3 is 5.97 Å². The van der Waals surface area contributed by atoms with Crippen molar-refractivity contribution < 1.29 is 14.3 Å². The molecular weight excluding hydrogens is 354 g/mol. The number of carbonyl (C=O) groups is 2. The molecule has 0 radical (unpaired) electrons. The van der Waals surface area contributed by atoms with Gasteiger partial charge in [0.15, 0.2) is 0 Å². The topological polar surface area (TPSA) is 61.9 Å². The SMILES string of the molecule is CCN1CCN(c2ccc(C(=O)OC)cc2NC(=O)c2ccccc2C)CC1. The summed E-state index contributed by atoms with van der Waals surface area (Å²) < 4.78 is 4.84. The number of nitrogens with zero attached hydrogens (tertiary/aromatic N) is 2. The van der Waals surface area contributed by atoms with Gasteiger partial charge in [-0.25, -0.2) is 4.79 Å². The molecule has 1 saturated heterocycles. The number of methoxy groups -OCH3 is 1. The lowest BCUT2D eigenvalue weighted by molar-refractivity contribution is 0.0600. The number of carbonyl (C=O) groups excluding carboxylic acids is 2. The van der Waals surface area contributed by atoms with Crippen LogP contribution in [0.25, 0.3) is 0 Å². The lowest BCUT2D eigenvalue weighted by Crippen LogP contribution is -2.46. The van der Waals surface area contributed by atoms with Crippen LogP contribution in [0.15, 0.2) is 42.5 Å². The fraction of sp³-hybridized carbons (Fsp3) is 0.364. The highest BCUT2D eigenvalue weighted by molar-refractivity contribution is 6.07. The number of hydrogen-bond donors (Lipinski definition) is 1. The summed E-state index contributed by atoms with van der Waals surface area (Å²) in [5.74, 6) is -0.609. The van der Waals surface area contributed by atoms with E-state index in [-0.39, 0.29) is 5.91 Å². The molecule has 1 heterocycles. The second-order valence-corrected chi connectivity index (χ2v) is 6.91. The van der Waals surface area contributed by atoms with Crippen LogP contribution in [0.4, 0.5) is 11.4 Å². The van der Waals surface area contributed by atoms with E-state index in [2.05, 4.69) is 22.0 Å². The molecule has 0 aromatic heterocycles. The average Bonchev–Trinajstić information content (AvgIpc) is 2.73. The molecule has 6 heteroatoms. The number of esters is 1. The molecule has 0 saturated carbocycles. The minimum Gasteiger partial charge on any atom is -0.465 e. The Bertz CT molecular complexity index is 858. The Balaban J connectivity index is 1.91. The van der Waals surface area contributed by atoms with Gasteiger partial charge < -0.3 is 19.9 Å². The van der Waals surface area contributed by atoms with E-state index >= 15 is 0 Å². The first-order valence-electron chi connectivity index (χ1n) is 9.60. The number of anilines is 2. The van der Waals surface area contributed by atoms with Crippen molar-refractivity contribution in [2.45, 2.75) is 13.8 Å². The van der Waals surface area contributed by atoms with Crippen molar-refractivity contribution in [2.75, 3.05) is 50.1 Å². The minimum absolute atomic E-state index is 0.187. The van der Waals surface area contributed by atoms with E-state index < -0.39 is 5.97 Å². The highest BCUT2D eigenvalue weighted by Crippen LogP contribution is 2.29. The van der Waals surface area contributed by atoms with E-state index in [1.165, 1.54) is 7.11 Å². The number of amides is 1. The summed E-state index contributed by atoms with van der Waals surface area (Å²) in [6.07, 6.45) is 0. The van der Waals surface area contributed by atoms with E-state index in [1.807, 2.05) is 31.2 Å². The molecule has 0 bridgehead atoms. The summed E-state index contributed by atoms with van der Waals surface area (Å²) in [6.45, 7) is 8.80. The molecule has 1 amide bonds. The van der Waals surface area contributed by atoms with Crippen LogP contribution in [0.1, 0.15) is 33.2 Å². The number of ether oxygens (including phenoxy) is 1. The summed E-state index contributed by atoms with van der Waals surface area (Å²) in [7, 11) is 1.35. The van der Waals surface area contributed by atoms with Gasteiger partial charge in [-0.2, -0.15) is 0 Å². The maximum atomic E-state index is 12.9. The van der Waals surface area contributed by atoms with E-state index in [0.29, 0.717) is 16.8 Å². The summed E-state index contributed by atoms with van der Waals surface area (Å²) >= 11 is 0.